The van der Waals surface area contributed by atoms with E-state index in [-0.39, 0.29) is 11.0 Å². The number of ether oxygens (including phenoxy) is 2. The Balaban J connectivity index is 2.20. The number of hydrogen-bond donors (Lipinski definition) is 1. The molecule has 6 nitrogen and oxygen atoms in total. The molecule has 2 aromatic carbocycles. The lowest BCUT2D eigenvalue weighted by Gasteiger charge is -2.15. The van der Waals surface area contributed by atoms with Gasteiger partial charge in [0.05, 0.1) is 28.8 Å². The van der Waals surface area contributed by atoms with Crippen LogP contribution >= 0.6 is 31.9 Å². The fraction of sp³-hybridized carbons (Fsp3) is 0.235. The van der Waals surface area contributed by atoms with Crippen molar-refractivity contribution in [1.82, 2.24) is 4.83 Å². The van der Waals surface area contributed by atoms with Crippen molar-refractivity contribution in [3.63, 3.8) is 0 Å². The number of methoxy groups -OCH3 is 1. The molecular formula is C17H18Br2N2O4S. The van der Waals surface area contributed by atoms with E-state index < -0.39 is 10.0 Å². The first kappa shape index (κ1) is 20.7. The molecule has 0 spiro atoms. The molecule has 0 heterocycles. The second-order valence-corrected chi connectivity index (χ2v) is 8.94. The van der Waals surface area contributed by atoms with Gasteiger partial charge < -0.3 is 9.47 Å². The normalized spacial score (nSPS) is 11.8. The Morgan fingerprint density at radius 2 is 1.81 bits per heavy atom. The first-order chi connectivity index (χ1) is 12.2. The van der Waals surface area contributed by atoms with Gasteiger partial charge in [-0.25, -0.2) is 4.83 Å². The van der Waals surface area contributed by atoms with Gasteiger partial charge in [-0.1, -0.05) is 15.9 Å². The highest BCUT2D eigenvalue weighted by Crippen LogP contribution is 2.36. The van der Waals surface area contributed by atoms with Crippen LogP contribution in [0.1, 0.15) is 19.4 Å². The van der Waals surface area contributed by atoms with Gasteiger partial charge in [-0.05, 0) is 71.7 Å². The molecule has 0 aliphatic heterocycles. The van der Waals surface area contributed by atoms with Crippen molar-refractivity contribution < 1.29 is 17.9 Å². The molecule has 0 amide bonds. The van der Waals surface area contributed by atoms with Crippen molar-refractivity contribution >= 4 is 48.1 Å². The van der Waals surface area contributed by atoms with E-state index in [1.54, 1.807) is 24.3 Å². The van der Waals surface area contributed by atoms with Gasteiger partial charge in [-0.15, -0.1) is 0 Å². The molecular weight excluding hydrogens is 488 g/mol. The van der Waals surface area contributed by atoms with Gasteiger partial charge in [0.2, 0.25) is 0 Å². The van der Waals surface area contributed by atoms with Gasteiger partial charge in [0.25, 0.3) is 10.0 Å². The third-order valence-corrected chi connectivity index (χ3v) is 5.47. The summed E-state index contributed by atoms with van der Waals surface area (Å²) in [5, 5.41) is 3.83. The minimum atomic E-state index is -3.73. The maximum absolute atomic E-state index is 12.2. The van der Waals surface area contributed by atoms with Crippen molar-refractivity contribution in [2.45, 2.75) is 24.8 Å². The summed E-state index contributed by atoms with van der Waals surface area (Å²) in [6.45, 7) is 3.83. The second kappa shape index (κ2) is 8.88. The van der Waals surface area contributed by atoms with Crippen molar-refractivity contribution in [3.05, 3.63) is 50.9 Å². The fourth-order valence-corrected chi connectivity index (χ4v) is 3.61. The number of halogens is 2. The van der Waals surface area contributed by atoms with Crippen LogP contribution in [0, 0.1) is 0 Å². The summed E-state index contributed by atoms with van der Waals surface area (Å²) < 4.78 is 36.9. The summed E-state index contributed by atoms with van der Waals surface area (Å²) in [6, 6.07) is 9.73. The zero-order valence-corrected chi connectivity index (χ0v) is 18.4. The minimum Gasteiger partial charge on any atom is -0.493 e. The first-order valence-corrected chi connectivity index (χ1v) is 10.6. The Morgan fingerprint density at radius 3 is 2.38 bits per heavy atom. The van der Waals surface area contributed by atoms with Crippen molar-refractivity contribution in [1.29, 1.82) is 0 Å². The summed E-state index contributed by atoms with van der Waals surface area (Å²) in [5.41, 5.74) is 0.642. The summed E-state index contributed by atoms with van der Waals surface area (Å²) in [4.78, 5) is 2.31. The Labute approximate surface area is 169 Å². The van der Waals surface area contributed by atoms with Crippen LogP contribution in [0.5, 0.6) is 11.5 Å². The molecule has 1 N–H and O–H groups in total. The van der Waals surface area contributed by atoms with E-state index in [4.69, 9.17) is 9.47 Å². The average Bonchev–Trinajstić information content (AvgIpc) is 2.57. The molecule has 9 heteroatoms. The van der Waals surface area contributed by atoms with E-state index in [9.17, 15) is 8.42 Å². The molecule has 0 bridgehead atoms. The van der Waals surface area contributed by atoms with E-state index in [1.807, 2.05) is 13.8 Å². The third-order valence-electron chi connectivity index (χ3n) is 3.12. The van der Waals surface area contributed by atoms with Gasteiger partial charge >= 0.3 is 0 Å². The van der Waals surface area contributed by atoms with Crippen LogP contribution in [0.2, 0.25) is 0 Å². The molecule has 0 unspecified atom stereocenters. The number of benzene rings is 2. The van der Waals surface area contributed by atoms with E-state index in [0.717, 1.165) is 4.47 Å². The lowest BCUT2D eigenvalue weighted by molar-refractivity contribution is 0.228. The summed E-state index contributed by atoms with van der Waals surface area (Å²) in [5.74, 6) is 1.10. The number of rotatable bonds is 7. The van der Waals surface area contributed by atoms with Gasteiger partial charge in [0, 0.05) is 4.47 Å². The van der Waals surface area contributed by atoms with Crippen LogP contribution < -0.4 is 14.3 Å². The molecule has 140 valence electrons. The predicted octanol–water partition coefficient (Wildman–Crippen LogP) is 4.32. The number of sulfonamides is 1. The van der Waals surface area contributed by atoms with Gasteiger partial charge in [0.1, 0.15) is 0 Å². The SMILES string of the molecule is COc1cc(/C=N/NS(=O)(=O)c2ccc(Br)cc2)cc(Br)c1OC(C)C. The lowest BCUT2D eigenvalue weighted by atomic mass is 10.2. The fourth-order valence-electron chi connectivity index (χ4n) is 2.00. The van der Waals surface area contributed by atoms with Crippen molar-refractivity contribution in [2.75, 3.05) is 7.11 Å². The van der Waals surface area contributed by atoms with Crippen LogP contribution in [0.3, 0.4) is 0 Å². The summed E-state index contributed by atoms with van der Waals surface area (Å²) >= 11 is 6.70. The number of hydrogen-bond acceptors (Lipinski definition) is 5. The number of nitrogens with zero attached hydrogens (tertiary/aromatic N) is 1. The predicted molar refractivity (Wildman–Crippen MR) is 109 cm³/mol. The number of hydrazone groups is 1. The maximum Gasteiger partial charge on any atom is 0.276 e. The summed E-state index contributed by atoms with van der Waals surface area (Å²) in [7, 11) is -2.20. The van der Waals surface area contributed by atoms with Crippen molar-refractivity contribution in [2.24, 2.45) is 5.10 Å². The van der Waals surface area contributed by atoms with Gasteiger partial charge in [-0.3, -0.25) is 0 Å². The van der Waals surface area contributed by atoms with Crippen LogP contribution in [0.15, 0.2) is 55.3 Å². The molecule has 0 fully saturated rings. The average molecular weight is 506 g/mol. The van der Waals surface area contributed by atoms with E-state index in [0.29, 0.717) is 21.5 Å². The Bertz CT molecular complexity index is 898. The molecule has 0 saturated heterocycles. The Morgan fingerprint density at radius 1 is 1.15 bits per heavy atom. The van der Waals surface area contributed by atoms with E-state index >= 15 is 0 Å². The number of nitrogens with one attached hydrogen (secondary N) is 1. The third kappa shape index (κ3) is 5.46. The highest BCUT2D eigenvalue weighted by molar-refractivity contribution is 9.10. The second-order valence-electron chi connectivity index (χ2n) is 5.51. The molecule has 2 aromatic rings. The maximum atomic E-state index is 12.2. The molecule has 0 aliphatic rings. The van der Waals surface area contributed by atoms with Gasteiger partial charge in [-0.2, -0.15) is 13.5 Å². The highest BCUT2D eigenvalue weighted by Gasteiger charge is 2.14. The van der Waals surface area contributed by atoms with Gasteiger partial charge in [0.15, 0.2) is 11.5 Å². The Kier molecular flexibility index (Phi) is 7.08. The Hall–Kier alpha value is -1.58. The first-order valence-electron chi connectivity index (χ1n) is 7.57. The van der Waals surface area contributed by atoms with Crippen LogP contribution in [-0.2, 0) is 10.0 Å². The van der Waals surface area contributed by atoms with Crippen LogP contribution in [0.4, 0.5) is 0 Å². The monoisotopic (exact) mass is 504 g/mol. The van der Waals surface area contributed by atoms with E-state index in [2.05, 4.69) is 41.8 Å². The lowest BCUT2D eigenvalue weighted by Crippen LogP contribution is -2.18. The molecule has 0 atom stereocenters. The molecule has 0 radical (unpaired) electrons. The molecule has 26 heavy (non-hydrogen) atoms. The molecule has 0 aliphatic carbocycles. The highest BCUT2D eigenvalue weighted by atomic mass is 79.9. The van der Waals surface area contributed by atoms with Crippen LogP contribution in [0.25, 0.3) is 0 Å². The van der Waals surface area contributed by atoms with Crippen LogP contribution in [-0.4, -0.2) is 27.8 Å². The zero-order valence-electron chi connectivity index (χ0n) is 14.4. The smallest absolute Gasteiger partial charge is 0.276 e. The standard InChI is InChI=1S/C17H18Br2N2O4S/c1-11(2)25-17-15(19)8-12(9-16(17)24-3)10-20-21-26(22,23)14-6-4-13(18)5-7-14/h4-11,21H,1-3H3/b20-10+. The zero-order chi connectivity index (χ0) is 19.3. The summed E-state index contributed by atoms with van der Waals surface area (Å²) in [6.07, 6.45) is 1.38. The molecule has 2 rings (SSSR count). The van der Waals surface area contributed by atoms with E-state index in [1.165, 1.54) is 25.5 Å². The van der Waals surface area contributed by atoms with Crippen molar-refractivity contribution in [3.8, 4) is 11.5 Å². The molecule has 0 saturated carbocycles. The quantitative estimate of drug-likeness (QED) is 0.449. The minimum absolute atomic E-state index is 0.0163. The topological polar surface area (TPSA) is 77.0 Å². The largest absolute Gasteiger partial charge is 0.493 e. The molecule has 0 aromatic heterocycles.